The summed E-state index contributed by atoms with van der Waals surface area (Å²) in [6.45, 7) is 5.89. The molecule has 1 amide bonds. The first-order valence-electron chi connectivity index (χ1n) is 10.2. The van der Waals surface area contributed by atoms with Gasteiger partial charge in [-0.2, -0.15) is 0 Å². The number of amides is 1. The number of rotatable bonds is 2. The third-order valence-corrected chi connectivity index (χ3v) is 7.60. The Morgan fingerprint density at radius 1 is 1.22 bits per heavy atom. The lowest BCUT2D eigenvalue weighted by Crippen LogP contribution is -2.49. The third kappa shape index (κ3) is 3.21. The topological polar surface area (TPSA) is 61.4 Å². The Morgan fingerprint density at radius 2 is 2.11 bits per heavy atom. The van der Waals surface area contributed by atoms with E-state index in [1.807, 2.05) is 0 Å². The molecule has 3 fully saturated rings. The molecule has 1 N–H and O–H groups in total. The lowest BCUT2D eigenvalue weighted by molar-refractivity contribution is -0.138. The summed E-state index contributed by atoms with van der Waals surface area (Å²) in [6, 6.07) is 2.10. The van der Waals surface area contributed by atoms with Crippen LogP contribution in [0.4, 0.5) is 5.82 Å². The van der Waals surface area contributed by atoms with Crippen LogP contribution in [0.15, 0.2) is 17.8 Å². The summed E-state index contributed by atoms with van der Waals surface area (Å²) in [6.07, 6.45) is 7.28. The Balaban J connectivity index is 1.27. The average Bonchev–Trinajstić information content (AvgIpc) is 3.38. The van der Waals surface area contributed by atoms with E-state index in [4.69, 9.17) is 0 Å². The van der Waals surface area contributed by atoms with Crippen LogP contribution in [0.25, 0.3) is 10.2 Å². The maximum atomic E-state index is 13.2. The summed E-state index contributed by atoms with van der Waals surface area (Å²) in [7, 11) is 0. The van der Waals surface area contributed by atoms with Gasteiger partial charge in [-0.15, -0.1) is 11.3 Å². The molecule has 0 aromatic carbocycles. The van der Waals surface area contributed by atoms with Crippen molar-refractivity contribution in [2.45, 2.75) is 32.1 Å². The third-order valence-electron chi connectivity index (χ3n) is 6.78. The molecule has 0 aliphatic carbocycles. The molecule has 6 nitrogen and oxygen atoms in total. The standard InChI is InChI=1S/C20H27N5OS/c26-19(24-9-5-20(6-10-24)4-7-21-13-20)15-2-1-8-25(12-15)17-16-3-11-27-18(16)23-14-22-17/h3,11,14-15,21H,1-2,4-10,12-13H2. The monoisotopic (exact) mass is 385 g/mol. The molecule has 1 unspecified atom stereocenters. The molecule has 3 aliphatic rings. The van der Waals surface area contributed by atoms with Gasteiger partial charge in [0, 0.05) is 32.7 Å². The molecule has 3 aliphatic heterocycles. The van der Waals surface area contributed by atoms with Crippen molar-refractivity contribution in [1.82, 2.24) is 20.2 Å². The number of likely N-dealkylation sites (tertiary alicyclic amines) is 1. The number of thiophene rings is 1. The molecular formula is C20H27N5OS. The SMILES string of the molecule is O=C(C1CCCN(c2ncnc3sccc23)C1)N1CCC2(CCNC2)CC1. The fourth-order valence-corrected chi connectivity index (χ4v) is 5.81. The van der Waals surface area contributed by atoms with Gasteiger partial charge >= 0.3 is 0 Å². The first-order valence-corrected chi connectivity index (χ1v) is 11.0. The maximum absolute atomic E-state index is 13.2. The largest absolute Gasteiger partial charge is 0.355 e. The lowest BCUT2D eigenvalue weighted by Gasteiger charge is -2.41. The van der Waals surface area contributed by atoms with Gasteiger partial charge in [-0.25, -0.2) is 9.97 Å². The molecule has 5 heterocycles. The van der Waals surface area contributed by atoms with E-state index < -0.39 is 0 Å². The minimum atomic E-state index is 0.0955. The van der Waals surface area contributed by atoms with Crippen molar-refractivity contribution >= 4 is 33.3 Å². The Kier molecular flexibility index (Phi) is 4.52. The van der Waals surface area contributed by atoms with Crippen LogP contribution in [-0.2, 0) is 4.79 Å². The molecule has 5 rings (SSSR count). The van der Waals surface area contributed by atoms with Crippen molar-refractivity contribution in [3.63, 3.8) is 0 Å². The van der Waals surface area contributed by atoms with E-state index >= 15 is 0 Å². The van der Waals surface area contributed by atoms with Crippen LogP contribution in [-0.4, -0.2) is 60.0 Å². The van der Waals surface area contributed by atoms with Crippen molar-refractivity contribution < 1.29 is 4.79 Å². The molecule has 2 aromatic rings. The summed E-state index contributed by atoms with van der Waals surface area (Å²) in [4.78, 5) is 27.6. The van der Waals surface area contributed by atoms with E-state index in [2.05, 4.69) is 36.5 Å². The number of carbonyl (C=O) groups excluding carboxylic acids is 1. The quantitative estimate of drug-likeness (QED) is 0.861. The van der Waals surface area contributed by atoms with Gasteiger partial charge in [-0.1, -0.05) is 0 Å². The zero-order valence-electron chi connectivity index (χ0n) is 15.7. The molecule has 2 aromatic heterocycles. The zero-order valence-corrected chi connectivity index (χ0v) is 16.5. The first kappa shape index (κ1) is 17.4. The number of fused-ring (bicyclic) bond motifs is 1. The van der Waals surface area contributed by atoms with E-state index in [0.717, 1.165) is 81.0 Å². The van der Waals surface area contributed by atoms with Crippen molar-refractivity contribution in [2.75, 3.05) is 44.2 Å². The summed E-state index contributed by atoms with van der Waals surface area (Å²) in [5.74, 6) is 1.45. The van der Waals surface area contributed by atoms with E-state index in [1.54, 1.807) is 17.7 Å². The fraction of sp³-hybridized carbons (Fsp3) is 0.650. The van der Waals surface area contributed by atoms with E-state index in [0.29, 0.717) is 11.3 Å². The van der Waals surface area contributed by atoms with Crippen molar-refractivity contribution in [3.8, 4) is 0 Å². The summed E-state index contributed by atoms with van der Waals surface area (Å²) >= 11 is 1.65. The Morgan fingerprint density at radius 3 is 2.93 bits per heavy atom. The minimum absolute atomic E-state index is 0.0955. The van der Waals surface area contributed by atoms with Gasteiger partial charge in [0.05, 0.1) is 11.3 Å². The van der Waals surface area contributed by atoms with Crippen molar-refractivity contribution in [1.29, 1.82) is 0 Å². The summed E-state index contributed by atoms with van der Waals surface area (Å²) in [5, 5.41) is 6.69. The summed E-state index contributed by atoms with van der Waals surface area (Å²) < 4.78 is 0. The molecule has 144 valence electrons. The molecule has 3 saturated heterocycles. The molecule has 7 heteroatoms. The minimum Gasteiger partial charge on any atom is -0.355 e. The molecule has 0 bridgehead atoms. The molecule has 0 saturated carbocycles. The molecule has 0 radical (unpaired) electrons. The van der Waals surface area contributed by atoms with Gasteiger partial charge in [-0.3, -0.25) is 4.79 Å². The zero-order chi connectivity index (χ0) is 18.3. The van der Waals surface area contributed by atoms with Crippen LogP contribution in [0.2, 0.25) is 0 Å². The normalized spacial score (nSPS) is 25.4. The second-order valence-electron chi connectivity index (χ2n) is 8.37. The second-order valence-corrected chi connectivity index (χ2v) is 9.27. The number of anilines is 1. The Bertz CT molecular complexity index is 821. The number of piperidine rings is 2. The van der Waals surface area contributed by atoms with Gasteiger partial charge < -0.3 is 15.1 Å². The van der Waals surface area contributed by atoms with Crippen molar-refractivity contribution in [3.05, 3.63) is 17.8 Å². The average molecular weight is 386 g/mol. The highest BCUT2D eigenvalue weighted by Gasteiger charge is 2.39. The Labute approximate surface area is 164 Å². The van der Waals surface area contributed by atoms with Gasteiger partial charge in [0.15, 0.2) is 0 Å². The van der Waals surface area contributed by atoms with Crippen LogP contribution in [0.1, 0.15) is 32.1 Å². The molecular weight excluding hydrogens is 358 g/mol. The number of hydrogen-bond donors (Lipinski definition) is 1. The number of hydrogen-bond acceptors (Lipinski definition) is 6. The number of nitrogens with one attached hydrogen (secondary N) is 1. The smallest absolute Gasteiger partial charge is 0.227 e. The second kappa shape index (κ2) is 7.02. The van der Waals surface area contributed by atoms with Gasteiger partial charge in [-0.05, 0) is 55.5 Å². The van der Waals surface area contributed by atoms with Gasteiger partial charge in [0.2, 0.25) is 5.91 Å². The van der Waals surface area contributed by atoms with Crippen LogP contribution in [0.5, 0.6) is 0 Å². The van der Waals surface area contributed by atoms with Crippen LogP contribution in [0.3, 0.4) is 0 Å². The fourth-order valence-electron chi connectivity index (χ4n) is 5.08. The molecule has 1 spiro atoms. The predicted molar refractivity (Wildman–Crippen MR) is 108 cm³/mol. The highest BCUT2D eigenvalue weighted by molar-refractivity contribution is 7.16. The van der Waals surface area contributed by atoms with Crippen LogP contribution >= 0.6 is 11.3 Å². The van der Waals surface area contributed by atoms with Crippen LogP contribution in [0, 0.1) is 11.3 Å². The molecule has 1 atom stereocenters. The van der Waals surface area contributed by atoms with Crippen molar-refractivity contribution in [2.24, 2.45) is 11.3 Å². The van der Waals surface area contributed by atoms with E-state index in [-0.39, 0.29) is 5.92 Å². The number of aromatic nitrogens is 2. The maximum Gasteiger partial charge on any atom is 0.227 e. The van der Waals surface area contributed by atoms with E-state index in [1.165, 1.54) is 6.42 Å². The van der Waals surface area contributed by atoms with E-state index in [9.17, 15) is 4.79 Å². The predicted octanol–water partition coefficient (Wildman–Crippen LogP) is 2.51. The van der Waals surface area contributed by atoms with Crippen LogP contribution < -0.4 is 10.2 Å². The van der Waals surface area contributed by atoms with Gasteiger partial charge in [0.1, 0.15) is 17.0 Å². The molecule has 27 heavy (non-hydrogen) atoms. The highest BCUT2D eigenvalue weighted by Crippen LogP contribution is 2.38. The highest BCUT2D eigenvalue weighted by atomic mass is 32.1. The number of carbonyl (C=O) groups is 1. The summed E-state index contributed by atoms with van der Waals surface area (Å²) in [5.41, 5.74) is 0.459. The lowest BCUT2D eigenvalue weighted by atomic mass is 9.77. The van der Waals surface area contributed by atoms with Gasteiger partial charge in [0.25, 0.3) is 0 Å². The number of nitrogens with zero attached hydrogens (tertiary/aromatic N) is 4. The Hall–Kier alpha value is -1.73. The first-order chi connectivity index (χ1) is 13.2.